The molecule has 0 heteroatoms. The van der Waals surface area contributed by atoms with Crippen LogP contribution in [0.4, 0.5) is 0 Å². The van der Waals surface area contributed by atoms with Crippen molar-refractivity contribution >= 4 is 11.1 Å². The highest BCUT2D eigenvalue weighted by atomic mass is 14.3. The first kappa shape index (κ1) is 10.9. The van der Waals surface area contributed by atoms with Crippen molar-refractivity contribution in [2.75, 3.05) is 0 Å². The van der Waals surface area contributed by atoms with Crippen LogP contribution in [0.3, 0.4) is 0 Å². The Kier molecular flexibility index (Phi) is 2.10. The number of benzene rings is 1. The molecule has 0 N–H and O–H groups in total. The first-order chi connectivity index (χ1) is 9.90. The van der Waals surface area contributed by atoms with Crippen LogP contribution in [-0.2, 0) is 12.8 Å². The molecule has 0 saturated heterocycles. The lowest BCUT2D eigenvalue weighted by Gasteiger charge is -2.10. The van der Waals surface area contributed by atoms with Crippen molar-refractivity contribution < 1.29 is 0 Å². The maximum Gasteiger partial charge on any atom is -0.00514 e. The second-order valence-electron chi connectivity index (χ2n) is 6.44. The molecule has 0 bridgehead atoms. The van der Waals surface area contributed by atoms with Crippen LogP contribution in [0.15, 0.2) is 47.6 Å². The molecule has 0 heterocycles. The summed E-state index contributed by atoms with van der Waals surface area (Å²) in [6.45, 7) is 0. The number of hydrogen-bond acceptors (Lipinski definition) is 0. The molecule has 4 aliphatic rings. The van der Waals surface area contributed by atoms with Crippen molar-refractivity contribution in [3.8, 4) is 0 Å². The number of fused-ring (bicyclic) bond motifs is 4. The van der Waals surface area contributed by atoms with Gasteiger partial charge in [-0.3, -0.25) is 0 Å². The average Bonchev–Trinajstić information content (AvgIpc) is 3.02. The predicted octanol–water partition coefficient (Wildman–Crippen LogP) is 5.01. The molecule has 98 valence electrons. The third kappa shape index (κ3) is 1.37. The second-order valence-corrected chi connectivity index (χ2v) is 6.44. The van der Waals surface area contributed by atoms with E-state index in [1.165, 1.54) is 60.8 Å². The zero-order valence-corrected chi connectivity index (χ0v) is 11.7. The normalized spacial score (nSPS) is 22.0. The Hall–Kier alpha value is -1.82. The monoisotopic (exact) mass is 258 g/mol. The molecule has 0 spiro atoms. The standard InChI is InChI=1S/C20H18/c1-3-7-17-13(5-1)9-15-11-20-16(12-19(15)17)10-14-6-2-4-8-18(14)20/h3-4,7-8,11-12H,1-2,5-6,9-10H2. The van der Waals surface area contributed by atoms with Crippen LogP contribution in [0, 0.1) is 0 Å². The lowest BCUT2D eigenvalue weighted by molar-refractivity contribution is 0.934. The van der Waals surface area contributed by atoms with Gasteiger partial charge in [0.1, 0.15) is 0 Å². The van der Waals surface area contributed by atoms with Crippen molar-refractivity contribution in [2.24, 2.45) is 0 Å². The van der Waals surface area contributed by atoms with E-state index in [2.05, 4.69) is 36.4 Å². The summed E-state index contributed by atoms with van der Waals surface area (Å²) in [7, 11) is 0. The van der Waals surface area contributed by atoms with Gasteiger partial charge in [0.15, 0.2) is 0 Å². The molecule has 0 aliphatic heterocycles. The van der Waals surface area contributed by atoms with Crippen LogP contribution >= 0.6 is 0 Å². The van der Waals surface area contributed by atoms with Gasteiger partial charge in [-0.25, -0.2) is 0 Å². The van der Waals surface area contributed by atoms with Gasteiger partial charge in [-0.05, 0) is 84.1 Å². The summed E-state index contributed by atoms with van der Waals surface area (Å²) < 4.78 is 0. The third-order valence-electron chi connectivity index (χ3n) is 5.27. The quantitative estimate of drug-likeness (QED) is 0.614. The van der Waals surface area contributed by atoms with E-state index < -0.39 is 0 Å². The first-order valence-electron chi connectivity index (χ1n) is 7.84. The molecule has 0 unspecified atom stereocenters. The summed E-state index contributed by atoms with van der Waals surface area (Å²) in [5.41, 5.74) is 12.6. The maximum absolute atomic E-state index is 2.49. The minimum Gasteiger partial charge on any atom is -0.0836 e. The molecule has 0 atom stereocenters. The largest absolute Gasteiger partial charge is 0.0836 e. The van der Waals surface area contributed by atoms with Crippen molar-refractivity contribution in [1.82, 2.24) is 0 Å². The van der Waals surface area contributed by atoms with E-state index in [1.807, 2.05) is 0 Å². The molecule has 20 heavy (non-hydrogen) atoms. The fourth-order valence-electron chi connectivity index (χ4n) is 4.29. The van der Waals surface area contributed by atoms with Crippen LogP contribution in [0.2, 0.25) is 0 Å². The van der Waals surface area contributed by atoms with E-state index in [0.717, 1.165) is 0 Å². The van der Waals surface area contributed by atoms with Crippen LogP contribution in [0.5, 0.6) is 0 Å². The Bertz CT molecular complexity index is 685. The van der Waals surface area contributed by atoms with Crippen molar-refractivity contribution in [3.05, 3.63) is 69.8 Å². The highest BCUT2D eigenvalue weighted by molar-refractivity contribution is 5.89. The number of allylic oxidation sites excluding steroid dienone is 8. The Morgan fingerprint density at radius 2 is 1.15 bits per heavy atom. The molecule has 4 aliphatic carbocycles. The van der Waals surface area contributed by atoms with Crippen molar-refractivity contribution in [3.63, 3.8) is 0 Å². The summed E-state index contributed by atoms with van der Waals surface area (Å²) >= 11 is 0. The van der Waals surface area contributed by atoms with E-state index in [4.69, 9.17) is 0 Å². The maximum atomic E-state index is 2.49. The summed E-state index contributed by atoms with van der Waals surface area (Å²) in [5, 5.41) is 0. The lowest BCUT2D eigenvalue weighted by Crippen LogP contribution is -1.91. The van der Waals surface area contributed by atoms with E-state index in [9.17, 15) is 0 Å². The van der Waals surface area contributed by atoms with E-state index >= 15 is 0 Å². The zero-order chi connectivity index (χ0) is 13.1. The van der Waals surface area contributed by atoms with Crippen LogP contribution < -0.4 is 0 Å². The number of hydrogen-bond donors (Lipinski definition) is 0. The zero-order valence-electron chi connectivity index (χ0n) is 11.7. The Labute approximate surface area is 120 Å². The highest BCUT2D eigenvalue weighted by Crippen LogP contribution is 2.45. The van der Waals surface area contributed by atoms with E-state index in [-0.39, 0.29) is 0 Å². The molecular weight excluding hydrogens is 240 g/mol. The van der Waals surface area contributed by atoms with Gasteiger partial charge in [-0.1, -0.05) is 35.5 Å². The summed E-state index contributed by atoms with van der Waals surface area (Å²) in [4.78, 5) is 0. The summed E-state index contributed by atoms with van der Waals surface area (Å²) in [6, 6.07) is 4.99. The Morgan fingerprint density at radius 3 is 1.65 bits per heavy atom. The predicted molar refractivity (Wildman–Crippen MR) is 84.4 cm³/mol. The molecule has 0 nitrogen and oxygen atoms in total. The average molecular weight is 258 g/mol. The number of rotatable bonds is 0. The van der Waals surface area contributed by atoms with Gasteiger partial charge in [0.25, 0.3) is 0 Å². The van der Waals surface area contributed by atoms with E-state index in [1.54, 1.807) is 22.3 Å². The Morgan fingerprint density at radius 1 is 0.650 bits per heavy atom. The van der Waals surface area contributed by atoms with Crippen LogP contribution in [0.25, 0.3) is 11.1 Å². The molecular formula is C20H18. The molecule has 0 fully saturated rings. The van der Waals surface area contributed by atoms with E-state index in [0.29, 0.717) is 0 Å². The van der Waals surface area contributed by atoms with Crippen molar-refractivity contribution in [2.45, 2.75) is 38.5 Å². The van der Waals surface area contributed by atoms with Crippen molar-refractivity contribution in [1.29, 1.82) is 0 Å². The SMILES string of the molecule is C1=CC2=C(CC1)Cc1cc3c(cc12)CC1=C3C=CCC1. The third-order valence-corrected chi connectivity index (χ3v) is 5.27. The minimum absolute atomic E-state index is 1.19. The smallest absolute Gasteiger partial charge is 0.00514 e. The topological polar surface area (TPSA) is 0 Å². The van der Waals surface area contributed by atoms with Gasteiger partial charge in [-0.2, -0.15) is 0 Å². The lowest BCUT2D eigenvalue weighted by atomic mass is 9.95. The Balaban J connectivity index is 1.66. The van der Waals surface area contributed by atoms with Gasteiger partial charge in [0.2, 0.25) is 0 Å². The van der Waals surface area contributed by atoms with Gasteiger partial charge >= 0.3 is 0 Å². The fraction of sp³-hybridized carbons (Fsp3) is 0.300. The van der Waals surface area contributed by atoms with Crippen LogP contribution in [0.1, 0.15) is 47.9 Å². The molecule has 5 rings (SSSR count). The van der Waals surface area contributed by atoms with Gasteiger partial charge < -0.3 is 0 Å². The fourth-order valence-corrected chi connectivity index (χ4v) is 4.29. The minimum atomic E-state index is 1.19. The van der Waals surface area contributed by atoms with Gasteiger partial charge in [0.05, 0.1) is 0 Å². The molecule has 0 saturated carbocycles. The van der Waals surface area contributed by atoms with Gasteiger partial charge in [0, 0.05) is 0 Å². The van der Waals surface area contributed by atoms with Crippen LogP contribution in [-0.4, -0.2) is 0 Å². The summed E-state index contributed by atoms with van der Waals surface area (Å²) in [6.07, 6.45) is 16.8. The molecule has 0 radical (unpaired) electrons. The molecule has 1 aromatic carbocycles. The molecule has 0 aromatic heterocycles. The first-order valence-corrected chi connectivity index (χ1v) is 7.84. The second kappa shape index (κ2) is 3.85. The molecule has 0 amide bonds. The highest BCUT2D eigenvalue weighted by Gasteiger charge is 2.27. The molecule has 1 aromatic rings. The van der Waals surface area contributed by atoms with Gasteiger partial charge in [-0.15, -0.1) is 0 Å². The summed E-state index contributed by atoms with van der Waals surface area (Å²) in [5.74, 6) is 0.